The van der Waals surface area contributed by atoms with Gasteiger partial charge >= 0.3 is 6.18 Å². The third-order valence-corrected chi connectivity index (χ3v) is 4.81. The molecule has 0 aromatic heterocycles. The lowest BCUT2D eigenvalue weighted by Gasteiger charge is -2.31. The molecule has 6 heteroatoms. The highest BCUT2D eigenvalue weighted by Gasteiger charge is 2.41. The van der Waals surface area contributed by atoms with E-state index in [0.29, 0.717) is 18.5 Å². The summed E-state index contributed by atoms with van der Waals surface area (Å²) in [5, 5.41) is 0. The molecule has 1 saturated heterocycles. The van der Waals surface area contributed by atoms with Crippen molar-refractivity contribution in [1.29, 1.82) is 0 Å². The molecule has 1 aliphatic heterocycles. The zero-order valence-electron chi connectivity index (χ0n) is 12.0. The summed E-state index contributed by atoms with van der Waals surface area (Å²) in [6.45, 7) is 0.504. The first-order valence-electron chi connectivity index (χ1n) is 7.56. The average Bonchev–Trinajstić information content (AvgIpc) is 2.89. The largest absolute Gasteiger partial charge is 0.419 e. The molecule has 1 aromatic carbocycles. The van der Waals surface area contributed by atoms with Crippen molar-refractivity contribution in [2.24, 2.45) is 5.92 Å². The number of hydrogen-bond donors (Lipinski definition) is 0. The van der Waals surface area contributed by atoms with Gasteiger partial charge < -0.3 is 4.90 Å². The monoisotopic (exact) mass is 315 g/mol. The molecule has 1 heterocycles. The van der Waals surface area contributed by atoms with E-state index in [0.717, 1.165) is 44.2 Å². The molecule has 2 fully saturated rings. The van der Waals surface area contributed by atoms with Crippen molar-refractivity contribution in [2.75, 3.05) is 6.54 Å². The molecule has 120 valence electrons. The summed E-state index contributed by atoms with van der Waals surface area (Å²) in [4.78, 5) is 14.1. The number of carbonyl (C=O) groups excluding carboxylic acids is 1. The molecule has 2 atom stereocenters. The first-order chi connectivity index (χ1) is 10.4. The van der Waals surface area contributed by atoms with Crippen LogP contribution in [-0.4, -0.2) is 23.4 Å². The Morgan fingerprint density at radius 3 is 2.59 bits per heavy atom. The molecular formula is C16H17F4NO. The van der Waals surface area contributed by atoms with Gasteiger partial charge in [0.15, 0.2) is 0 Å². The molecule has 0 N–H and O–H groups in total. The van der Waals surface area contributed by atoms with Crippen LogP contribution in [0.25, 0.3) is 0 Å². The highest BCUT2D eigenvalue weighted by molar-refractivity contribution is 5.95. The Kier molecular flexibility index (Phi) is 3.87. The van der Waals surface area contributed by atoms with Gasteiger partial charge in [-0.2, -0.15) is 13.2 Å². The van der Waals surface area contributed by atoms with Crippen LogP contribution in [0.3, 0.4) is 0 Å². The van der Waals surface area contributed by atoms with Gasteiger partial charge in [-0.25, -0.2) is 4.39 Å². The number of benzene rings is 1. The SMILES string of the molecule is O=C(c1cccc(C(F)(F)F)c1F)N1CC[C@H]2CCCC[C@H]21. The van der Waals surface area contributed by atoms with E-state index in [-0.39, 0.29) is 6.04 Å². The molecule has 0 radical (unpaired) electrons. The number of nitrogens with zero attached hydrogens (tertiary/aromatic N) is 1. The highest BCUT2D eigenvalue weighted by Crippen LogP contribution is 2.38. The number of halogens is 4. The Morgan fingerprint density at radius 2 is 1.86 bits per heavy atom. The van der Waals surface area contributed by atoms with Gasteiger partial charge in [0, 0.05) is 12.6 Å². The summed E-state index contributed by atoms with van der Waals surface area (Å²) in [6.07, 6.45) is 0.101. The van der Waals surface area contributed by atoms with Crippen molar-refractivity contribution < 1.29 is 22.4 Å². The van der Waals surface area contributed by atoms with E-state index in [1.165, 1.54) is 0 Å². The zero-order valence-corrected chi connectivity index (χ0v) is 12.0. The van der Waals surface area contributed by atoms with Gasteiger partial charge in [-0.15, -0.1) is 0 Å². The molecular weight excluding hydrogens is 298 g/mol. The van der Waals surface area contributed by atoms with Crippen molar-refractivity contribution in [3.8, 4) is 0 Å². The second-order valence-electron chi connectivity index (χ2n) is 6.06. The molecule has 2 nitrogen and oxygen atoms in total. The van der Waals surface area contributed by atoms with Crippen LogP contribution in [0.2, 0.25) is 0 Å². The van der Waals surface area contributed by atoms with E-state index < -0.39 is 29.0 Å². The standard InChI is InChI=1S/C16H17F4NO/c17-14-11(5-3-6-12(14)16(18,19)20)15(22)21-9-8-10-4-1-2-7-13(10)21/h3,5-6,10,13H,1-2,4,7-9H2/t10-,13-/m1/s1. The Morgan fingerprint density at radius 1 is 1.14 bits per heavy atom. The van der Waals surface area contributed by atoms with E-state index in [1.807, 2.05) is 0 Å². The summed E-state index contributed by atoms with van der Waals surface area (Å²) in [7, 11) is 0. The van der Waals surface area contributed by atoms with Gasteiger partial charge in [0.1, 0.15) is 5.82 Å². The maximum Gasteiger partial charge on any atom is 0.419 e. The molecule has 22 heavy (non-hydrogen) atoms. The molecule has 2 aliphatic rings. The van der Waals surface area contributed by atoms with E-state index >= 15 is 0 Å². The maximum absolute atomic E-state index is 14.1. The van der Waals surface area contributed by atoms with E-state index in [4.69, 9.17) is 0 Å². The number of amides is 1. The summed E-state index contributed by atoms with van der Waals surface area (Å²) in [5.41, 5.74) is -1.85. The number of alkyl halides is 3. The topological polar surface area (TPSA) is 20.3 Å². The summed E-state index contributed by atoms with van der Waals surface area (Å²) >= 11 is 0. The van der Waals surface area contributed by atoms with Crippen LogP contribution < -0.4 is 0 Å². The van der Waals surface area contributed by atoms with E-state index in [2.05, 4.69) is 0 Å². The van der Waals surface area contributed by atoms with E-state index in [9.17, 15) is 22.4 Å². The second kappa shape index (κ2) is 5.56. The second-order valence-corrected chi connectivity index (χ2v) is 6.06. The molecule has 1 saturated carbocycles. The first-order valence-corrected chi connectivity index (χ1v) is 7.56. The minimum atomic E-state index is -4.79. The maximum atomic E-state index is 14.1. The quantitative estimate of drug-likeness (QED) is 0.710. The summed E-state index contributed by atoms with van der Waals surface area (Å²) < 4.78 is 52.4. The lowest BCUT2D eigenvalue weighted by molar-refractivity contribution is -0.140. The first kappa shape index (κ1) is 15.3. The van der Waals surface area contributed by atoms with Crippen molar-refractivity contribution in [2.45, 2.75) is 44.3 Å². The van der Waals surface area contributed by atoms with Crippen LogP contribution in [0.4, 0.5) is 17.6 Å². The van der Waals surface area contributed by atoms with E-state index in [1.54, 1.807) is 4.90 Å². The molecule has 3 rings (SSSR count). The highest BCUT2D eigenvalue weighted by atomic mass is 19.4. The molecule has 1 aliphatic carbocycles. The summed E-state index contributed by atoms with van der Waals surface area (Å²) in [6, 6.07) is 2.95. The molecule has 1 aromatic rings. The molecule has 1 amide bonds. The molecule has 0 spiro atoms. The van der Waals surface area contributed by atoms with Crippen LogP contribution in [0, 0.1) is 11.7 Å². The van der Waals surface area contributed by atoms with Crippen LogP contribution in [0.1, 0.15) is 48.0 Å². The Balaban J connectivity index is 1.90. The van der Waals surface area contributed by atoms with Crippen molar-refractivity contribution in [3.05, 3.63) is 35.1 Å². The lowest BCUT2D eigenvalue weighted by Crippen LogP contribution is -2.39. The van der Waals surface area contributed by atoms with Crippen LogP contribution in [0.15, 0.2) is 18.2 Å². The van der Waals surface area contributed by atoms with Gasteiger partial charge in [0.05, 0.1) is 11.1 Å². The van der Waals surface area contributed by atoms with Crippen LogP contribution >= 0.6 is 0 Å². The van der Waals surface area contributed by atoms with Crippen LogP contribution in [-0.2, 0) is 6.18 Å². The Labute approximate surface area is 126 Å². The normalized spacial score (nSPS) is 25.2. The van der Waals surface area contributed by atoms with Gasteiger partial charge in [-0.3, -0.25) is 4.79 Å². The molecule has 0 unspecified atom stereocenters. The number of rotatable bonds is 1. The molecule has 0 bridgehead atoms. The Hall–Kier alpha value is -1.59. The van der Waals surface area contributed by atoms with Gasteiger partial charge in [0.2, 0.25) is 0 Å². The fourth-order valence-corrected chi connectivity index (χ4v) is 3.73. The average molecular weight is 315 g/mol. The minimum absolute atomic E-state index is 0.0511. The number of carbonyl (C=O) groups is 1. The lowest BCUT2D eigenvalue weighted by atomic mass is 9.85. The van der Waals surface area contributed by atoms with Crippen molar-refractivity contribution >= 4 is 5.91 Å². The predicted octanol–water partition coefficient (Wildman–Crippen LogP) is 4.25. The number of hydrogen-bond acceptors (Lipinski definition) is 1. The third-order valence-electron chi connectivity index (χ3n) is 4.81. The minimum Gasteiger partial charge on any atom is -0.335 e. The van der Waals surface area contributed by atoms with Gasteiger partial charge in [-0.05, 0) is 37.3 Å². The van der Waals surface area contributed by atoms with Gasteiger partial charge in [0.25, 0.3) is 5.91 Å². The van der Waals surface area contributed by atoms with Crippen molar-refractivity contribution in [1.82, 2.24) is 4.90 Å². The third kappa shape index (κ3) is 2.59. The van der Waals surface area contributed by atoms with Crippen LogP contribution in [0.5, 0.6) is 0 Å². The van der Waals surface area contributed by atoms with Crippen molar-refractivity contribution in [3.63, 3.8) is 0 Å². The smallest absolute Gasteiger partial charge is 0.335 e. The fourth-order valence-electron chi connectivity index (χ4n) is 3.73. The van der Waals surface area contributed by atoms with Gasteiger partial charge in [-0.1, -0.05) is 18.9 Å². The Bertz CT molecular complexity index is 584. The predicted molar refractivity (Wildman–Crippen MR) is 72.8 cm³/mol. The summed E-state index contributed by atoms with van der Waals surface area (Å²) in [5.74, 6) is -1.66. The number of likely N-dealkylation sites (tertiary alicyclic amines) is 1. The number of fused-ring (bicyclic) bond motifs is 1. The zero-order chi connectivity index (χ0) is 15.9. The fraction of sp³-hybridized carbons (Fsp3) is 0.562.